The topological polar surface area (TPSA) is 81.9 Å². The van der Waals surface area contributed by atoms with Crippen LogP contribution in [0.2, 0.25) is 0 Å². The summed E-state index contributed by atoms with van der Waals surface area (Å²) < 4.78 is 4.93. The van der Waals surface area contributed by atoms with Gasteiger partial charge in [0.15, 0.2) is 6.04 Å². The van der Waals surface area contributed by atoms with Gasteiger partial charge in [-0.3, -0.25) is 9.63 Å². The Morgan fingerprint density at radius 3 is 2.50 bits per heavy atom. The Labute approximate surface area is 173 Å². The van der Waals surface area contributed by atoms with E-state index in [-0.39, 0.29) is 30.9 Å². The molecule has 0 aliphatic heterocycles. The molecule has 0 aromatic heterocycles. The monoisotopic (exact) mass is 410 g/mol. The van der Waals surface area contributed by atoms with Crippen LogP contribution in [0.25, 0.3) is 0 Å². The van der Waals surface area contributed by atoms with E-state index in [1.165, 1.54) is 12.2 Å². The molecule has 3 unspecified atom stereocenters. The number of ether oxygens (including phenoxy) is 1. The number of nitrogens with two attached hydrogens (primary N) is 1. The van der Waals surface area contributed by atoms with Crippen LogP contribution in [-0.4, -0.2) is 54.7 Å². The van der Waals surface area contributed by atoms with E-state index in [1.54, 1.807) is 11.8 Å². The number of amides is 1. The summed E-state index contributed by atoms with van der Waals surface area (Å²) in [7, 11) is 1.33. The van der Waals surface area contributed by atoms with E-state index in [4.69, 9.17) is 15.3 Å². The minimum Gasteiger partial charge on any atom is -0.467 e. The van der Waals surface area contributed by atoms with Gasteiger partial charge in [0.25, 0.3) is 0 Å². The van der Waals surface area contributed by atoms with Gasteiger partial charge in [-0.25, -0.2) is 9.86 Å². The summed E-state index contributed by atoms with van der Waals surface area (Å²) >= 11 is 1.60. The molecule has 7 heteroatoms. The number of hydrogen-bond acceptors (Lipinski definition) is 6. The minimum absolute atomic E-state index is 0.179. The predicted octanol–water partition coefficient (Wildman–Crippen LogP) is 3.05. The van der Waals surface area contributed by atoms with Crippen molar-refractivity contribution in [2.75, 3.05) is 25.7 Å². The fourth-order valence-corrected chi connectivity index (χ4v) is 3.13. The zero-order valence-electron chi connectivity index (χ0n) is 17.4. The molecule has 0 spiro atoms. The molecular formula is C21H34N2O4S. The van der Waals surface area contributed by atoms with Gasteiger partial charge in [0.2, 0.25) is 5.91 Å². The first kappa shape index (κ1) is 24.5. The third kappa shape index (κ3) is 8.20. The van der Waals surface area contributed by atoms with Crippen LogP contribution < -0.4 is 5.73 Å². The number of carbonyl (C=O) groups is 2. The number of aryl methyl sites for hydroxylation is 1. The second-order valence-corrected chi connectivity index (χ2v) is 7.86. The molecule has 28 heavy (non-hydrogen) atoms. The van der Waals surface area contributed by atoms with Crippen LogP contribution in [0.5, 0.6) is 0 Å². The molecular weight excluding hydrogens is 376 g/mol. The van der Waals surface area contributed by atoms with Crippen LogP contribution in [0, 0.1) is 5.92 Å². The lowest BCUT2D eigenvalue weighted by Gasteiger charge is -2.30. The highest BCUT2D eigenvalue weighted by molar-refractivity contribution is 7.98. The molecule has 0 bridgehead atoms. The smallest absolute Gasteiger partial charge is 0.331 e. The predicted molar refractivity (Wildman–Crippen MR) is 114 cm³/mol. The summed E-state index contributed by atoms with van der Waals surface area (Å²) in [5.41, 5.74) is 7.23. The van der Waals surface area contributed by atoms with E-state index >= 15 is 0 Å². The van der Waals surface area contributed by atoms with Crippen molar-refractivity contribution in [2.24, 2.45) is 11.7 Å². The SMILES string of the molecule is CCC(C)C(N)CON(C(=O)CCc1ccccc1)C(CCSC)C(=O)OC. The van der Waals surface area contributed by atoms with Crippen LogP contribution >= 0.6 is 11.8 Å². The normalized spacial score (nSPS) is 14.2. The van der Waals surface area contributed by atoms with Gasteiger partial charge in [-0.2, -0.15) is 11.8 Å². The van der Waals surface area contributed by atoms with E-state index in [9.17, 15) is 9.59 Å². The van der Waals surface area contributed by atoms with Crippen molar-refractivity contribution in [3.63, 3.8) is 0 Å². The number of methoxy groups -OCH3 is 1. The first-order chi connectivity index (χ1) is 13.4. The molecule has 3 atom stereocenters. The molecule has 6 nitrogen and oxygen atoms in total. The van der Waals surface area contributed by atoms with Crippen LogP contribution in [0.4, 0.5) is 0 Å². The Kier molecular flexibility index (Phi) is 11.9. The number of benzene rings is 1. The van der Waals surface area contributed by atoms with Gasteiger partial charge in [-0.15, -0.1) is 0 Å². The first-order valence-corrected chi connectivity index (χ1v) is 11.1. The highest BCUT2D eigenvalue weighted by atomic mass is 32.2. The maximum atomic E-state index is 12.9. The molecule has 0 aliphatic carbocycles. The molecule has 0 heterocycles. The average molecular weight is 411 g/mol. The maximum Gasteiger partial charge on any atom is 0.331 e. The Bertz CT molecular complexity index is 585. The summed E-state index contributed by atoms with van der Waals surface area (Å²) in [6, 6.07) is 8.78. The van der Waals surface area contributed by atoms with Crippen molar-refractivity contribution in [3.05, 3.63) is 35.9 Å². The van der Waals surface area contributed by atoms with Gasteiger partial charge in [-0.1, -0.05) is 50.6 Å². The second-order valence-electron chi connectivity index (χ2n) is 6.87. The zero-order chi connectivity index (χ0) is 20.9. The van der Waals surface area contributed by atoms with E-state index in [2.05, 4.69) is 6.92 Å². The number of esters is 1. The van der Waals surface area contributed by atoms with Gasteiger partial charge in [-0.05, 0) is 36.3 Å². The summed E-state index contributed by atoms with van der Waals surface area (Å²) in [4.78, 5) is 31.1. The molecule has 1 aromatic carbocycles. The Hall–Kier alpha value is -1.57. The average Bonchev–Trinajstić information content (AvgIpc) is 2.73. The van der Waals surface area contributed by atoms with E-state index < -0.39 is 12.0 Å². The largest absolute Gasteiger partial charge is 0.467 e. The summed E-state index contributed by atoms with van der Waals surface area (Å²) in [5.74, 6) is 0.253. The molecule has 0 radical (unpaired) electrons. The summed E-state index contributed by atoms with van der Waals surface area (Å²) in [6.07, 6.45) is 4.15. The Balaban J connectivity index is 2.89. The van der Waals surface area contributed by atoms with Gasteiger partial charge < -0.3 is 10.5 Å². The molecule has 0 fully saturated rings. The fraction of sp³-hybridized carbons (Fsp3) is 0.619. The molecule has 0 saturated heterocycles. The lowest BCUT2D eigenvalue weighted by Crippen LogP contribution is -2.48. The molecule has 1 aromatic rings. The second kappa shape index (κ2) is 13.6. The van der Waals surface area contributed by atoms with Crippen LogP contribution in [0.1, 0.15) is 38.7 Å². The number of hydrogen-bond donors (Lipinski definition) is 1. The number of rotatable bonds is 13. The zero-order valence-corrected chi connectivity index (χ0v) is 18.2. The molecule has 0 saturated carbocycles. The van der Waals surface area contributed by atoms with Gasteiger partial charge in [0.1, 0.15) is 0 Å². The van der Waals surface area contributed by atoms with Crippen molar-refractivity contribution < 1.29 is 19.2 Å². The minimum atomic E-state index is -0.773. The van der Waals surface area contributed by atoms with Gasteiger partial charge >= 0.3 is 5.97 Å². The van der Waals surface area contributed by atoms with E-state index in [1.807, 2.05) is 43.5 Å². The van der Waals surface area contributed by atoms with E-state index in [0.29, 0.717) is 18.6 Å². The van der Waals surface area contributed by atoms with Crippen LogP contribution in [0.15, 0.2) is 30.3 Å². The molecule has 0 aliphatic rings. The van der Waals surface area contributed by atoms with Crippen LogP contribution in [0.3, 0.4) is 0 Å². The standard InChI is InChI=1S/C21H34N2O4S/c1-5-16(2)18(22)15-27-23(19(13-14-28-4)21(25)26-3)20(24)12-11-17-9-7-6-8-10-17/h6-10,16,18-19H,5,11-15,22H2,1-4H3. The van der Waals surface area contributed by atoms with Crippen LogP contribution in [-0.2, 0) is 25.6 Å². The highest BCUT2D eigenvalue weighted by Crippen LogP contribution is 2.16. The van der Waals surface area contributed by atoms with Crippen molar-refractivity contribution in [2.45, 2.75) is 51.6 Å². The molecule has 2 N–H and O–H groups in total. The van der Waals surface area contributed by atoms with Crippen molar-refractivity contribution >= 4 is 23.6 Å². The number of hydroxylamine groups is 2. The molecule has 158 valence electrons. The Morgan fingerprint density at radius 1 is 1.25 bits per heavy atom. The lowest BCUT2D eigenvalue weighted by molar-refractivity contribution is -0.210. The van der Waals surface area contributed by atoms with Crippen molar-refractivity contribution in [1.29, 1.82) is 0 Å². The Morgan fingerprint density at radius 2 is 1.93 bits per heavy atom. The van der Waals surface area contributed by atoms with Gasteiger partial charge in [0.05, 0.1) is 13.7 Å². The van der Waals surface area contributed by atoms with Crippen molar-refractivity contribution in [3.8, 4) is 0 Å². The van der Waals surface area contributed by atoms with Crippen molar-refractivity contribution in [1.82, 2.24) is 5.06 Å². The van der Waals surface area contributed by atoms with Gasteiger partial charge in [0, 0.05) is 12.5 Å². The number of carbonyl (C=O) groups excluding carboxylic acids is 2. The van der Waals surface area contributed by atoms with E-state index in [0.717, 1.165) is 12.0 Å². The third-order valence-corrected chi connectivity index (χ3v) is 5.49. The fourth-order valence-electron chi connectivity index (χ4n) is 2.67. The number of nitrogens with zero attached hydrogens (tertiary/aromatic N) is 1. The lowest BCUT2D eigenvalue weighted by atomic mass is 10.0. The molecule has 1 rings (SSSR count). The highest BCUT2D eigenvalue weighted by Gasteiger charge is 2.32. The first-order valence-electron chi connectivity index (χ1n) is 9.75. The quantitative estimate of drug-likeness (QED) is 0.398. The number of thioether (sulfide) groups is 1. The summed E-state index contributed by atoms with van der Waals surface area (Å²) in [6.45, 7) is 4.28. The molecule has 1 amide bonds. The maximum absolute atomic E-state index is 12.9. The third-order valence-electron chi connectivity index (χ3n) is 4.85. The summed E-state index contributed by atoms with van der Waals surface area (Å²) in [5, 5.41) is 1.20.